The number of hydrogen-bond acceptors (Lipinski definition) is 2. The monoisotopic (exact) mass is 352 g/mol. The maximum Gasteiger partial charge on any atom is 0.0462 e. The van der Waals surface area contributed by atoms with Crippen LogP contribution in [0.3, 0.4) is 0 Å². The first kappa shape index (κ1) is 16.3. The number of halogens is 3. The standard InChI is InChI=1S/C13H18BrClN2.ClH/c1-16-12-3-2-6-17(9-12)8-10-4-5-11(14)7-13(10)15;/h4-5,7,12,16H,2-3,6,8-9H2,1H3;1H. The molecule has 1 N–H and O–H groups in total. The van der Waals surface area contributed by atoms with Gasteiger partial charge in [0, 0.05) is 28.6 Å². The fraction of sp³-hybridized carbons (Fsp3) is 0.538. The van der Waals surface area contributed by atoms with Gasteiger partial charge in [0.15, 0.2) is 0 Å². The van der Waals surface area contributed by atoms with Crippen LogP contribution in [0, 0.1) is 0 Å². The van der Waals surface area contributed by atoms with E-state index in [-0.39, 0.29) is 12.4 Å². The minimum absolute atomic E-state index is 0. The molecule has 1 atom stereocenters. The van der Waals surface area contributed by atoms with E-state index in [2.05, 4.69) is 38.3 Å². The van der Waals surface area contributed by atoms with Gasteiger partial charge in [-0.15, -0.1) is 12.4 Å². The maximum atomic E-state index is 6.25. The second kappa shape index (κ2) is 7.71. The predicted octanol–water partition coefficient (Wildman–Crippen LogP) is 3.71. The Bertz CT molecular complexity index is 387. The predicted molar refractivity (Wildman–Crippen MR) is 83.8 cm³/mol. The molecule has 0 aromatic heterocycles. The van der Waals surface area contributed by atoms with Gasteiger partial charge in [0.05, 0.1) is 0 Å². The normalized spacial score (nSPS) is 20.5. The number of benzene rings is 1. The summed E-state index contributed by atoms with van der Waals surface area (Å²) in [5, 5.41) is 4.21. The zero-order valence-electron chi connectivity index (χ0n) is 10.5. The molecule has 2 nitrogen and oxygen atoms in total. The first-order valence-corrected chi connectivity index (χ1v) is 7.19. The van der Waals surface area contributed by atoms with Crippen molar-refractivity contribution in [2.24, 2.45) is 0 Å². The Hall–Kier alpha value is 0.200. The second-order valence-corrected chi connectivity index (χ2v) is 5.92. The van der Waals surface area contributed by atoms with Crippen LogP contribution in [0.4, 0.5) is 0 Å². The molecule has 0 spiro atoms. The van der Waals surface area contributed by atoms with E-state index in [4.69, 9.17) is 11.6 Å². The Morgan fingerprint density at radius 3 is 2.94 bits per heavy atom. The first-order chi connectivity index (χ1) is 8.19. The molecule has 2 rings (SSSR count). The molecule has 18 heavy (non-hydrogen) atoms. The lowest BCUT2D eigenvalue weighted by Crippen LogP contribution is -2.43. The largest absolute Gasteiger partial charge is 0.316 e. The van der Waals surface area contributed by atoms with Crippen molar-refractivity contribution >= 4 is 39.9 Å². The third kappa shape index (κ3) is 4.39. The zero-order valence-corrected chi connectivity index (χ0v) is 13.6. The fourth-order valence-electron chi connectivity index (χ4n) is 2.33. The van der Waals surface area contributed by atoms with Crippen LogP contribution in [0.1, 0.15) is 18.4 Å². The molecular formula is C13H19BrCl2N2. The highest BCUT2D eigenvalue weighted by Crippen LogP contribution is 2.23. The quantitative estimate of drug-likeness (QED) is 0.891. The van der Waals surface area contributed by atoms with Crippen molar-refractivity contribution in [2.45, 2.75) is 25.4 Å². The smallest absolute Gasteiger partial charge is 0.0462 e. The van der Waals surface area contributed by atoms with E-state index in [1.165, 1.54) is 24.9 Å². The van der Waals surface area contributed by atoms with Gasteiger partial charge in [-0.1, -0.05) is 33.6 Å². The van der Waals surface area contributed by atoms with Crippen LogP contribution < -0.4 is 5.32 Å². The lowest BCUT2D eigenvalue weighted by Gasteiger charge is -2.32. The van der Waals surface area contributed by atoms with Gasteiger partial charge in [-0.25, -0.2) is 0 Å². The Morgan fingerprint density at radius 2 is 2.28 bits per heavy atom. The molecule has 1 aromatic rings. The van der Waals surface area contributed by atoms with Gasteiger partial charge in [-0.2, -0.15) is 0 Å². The topological polar surface area (TPSA) is 15.3 Å². The molecular weight excluding hydrogens is 335 g/mol. The van der Waals surface area contributed by atoms with Crippen LogP contribution in [0.2, 0.25) is 5.02 Å². The summed E-state index contributed by atoms with van der Waals surface area (Å²) in [5.41, 5.74) is 1.21. The number of likely N-dealkylation sites (tertiary alicyclic amines) is 1. The van der Waals surface area contributed by atoms with Crippen molar-refractivity contribution in [3.8, 4) is 0 Å². The summed E-state index contributed by atoms with van der Waals surface area (Å²) in [4.78, 5) is 2.47. The highest BCUT2D eigenvalue weighted by molar-refractivity contribution is 9.10. The summed E-state index contributed by atoms with van der Waals surface area (Å²) >= 11 is 9.68. The lowest BCUT2D eigenvalue weighted by atomic mass is 10.1. The van der Waals surface area contributed by atoms with Crippen molar-refractivity contribution in [3.05, 3.63) is 33.3 Å². The van der Waals surface area contributed by atoms with Crippen molar-refractivity contribution in [1.29, 1.82) is 0 Å². The Kier molecular flexibility index (Phi) is 6.96. The van der Waals surface area contributed by atoms with E-state index in [1.807, 2.05) is 13.1 Å². The Labute approximate surface area is 129 Å². The molecule has 0 bridgehead atoms. The van der Waals surface area contributed by atoms with Crippen LogP contribution in [0.25, 0.3) is 0 Å². The van der Waals surface area contributed by atoms with Gasteiger partial charge in [0.1, 0.15) is 0 Å². The van der Waals surface area contributed by atoms with E-state index in [0.717, 1.165) is 22.6 Å². The third-order valence-corrected chi connectivity index (χ3v) is 4.17. The third-order valence-electron chi connectivity index (χ3n) is 3.32. The molecule has 102 valence electrons. The van der Waals surface area contributed by atoms with Gasteiger partial charge < -0.3 is 5.32 Å². The number of likely N-dealkylation sites (N-methyl/N-ethyl adjacent to an activating group) is 1. The lowest BCUT2D eigenvalue weighted by molar-refractivity contribution is 0.188. The molecule has 0 radical (unpaired) electrons. The van der Waals surface area contributed by atoms with Crippen LogP contribution in [-0.2, 0) is 6.54 Å². The Balaban J connectivity index is 0.00000162. The van der Waals surface area contributed by atoms with Crippen molar-refractivity contribution in [3.63, 3.8) is 0 Å². The average molecular weight is 354 g/mol. The van der Waals surface area contributed by atoms with E-state index in [1.54, 1.807) is 0 Å². The van der Waals surface area contributed by atoms with E-state index < -0.39 is 0 Å². The molecule has 1 saturated heterocycles. The second-order valence-electron chi connectivity index (χ2n) is 4.60. The fourth-order valence-corrected chi connectivity index (χ4v) is 3.06. The van der Waals surface area contributed by atoms with E-state index >= 15 is 0 Å². The molecule has 1 aromatic carbocycles. The van der Waals surface area contributed by atoms with Crippen molar-refractivity contribution in [2.75, 3.05) is 20.1 Å². The summed E-state index contributed by atoms with van der Waals surface area (Å²) in [6, 6.07) is 6.75. The molecule has 1 fully saturated rings. The van der Waals surface area contributed by atoms with Crippen LogP contribution in [0.5, 0.6) is 0 Å². The van der Waals surface area contributed by atoms with Crippen molar-refractivity contribution in [1.82, 2.24) is 10.2 Å². The number of nitrogens with one attached hydrogen (secondary N) is 1. The average Bonchev–Trinajstić information content (AvgIpc) is 2.33. The van der Waals surface area contributed by atoms with Gasteiger partial charge in [0.2, 0.25) is 0 Å². The zero-order chi connectivity index (χ0) is 12.3. The SMILES string of the molecule is CNC1CCCN(Cc2ccc(Br)cc2Cl)C1.Cl. The highest BCUT2D eigenvalue weighted by Gasteiger charge is 2.18. The molecule has 0 saturated carbocycles. The summed E-state index contributed by atoms with van der Waals surface area (Å²) in [7, 11) is 2.04. The van der Waals surface area contributed by atoms with Crippen LogP contribution in [0.15, 0.2) is 22.7 Å². The molecule has 5 heteroatoms. The molecule has 0 aliphatic carbocycles. The van der Waals surface area contributed by atoms with Crippen LogP contribution >= 0.6 is 39.9 Å². The molecule has 1 aliphatic heterocycles. The molecule has 0 amide bonds. The molecule has 1 heterocycles. The minimum atomic E-state index is 0. The summed E-state index contributed by atoms with van der Waals surface area (Å²) in [6.07, 6.45) is 2.54. The summed E-state index contributed by atoms with van der Waals surface area (Å²) in [5.74, 6) is 0. The number of piperidine rings is 1. The van der Waals surface area contributed by atoms with Crippen LogP contribution in [-0.4, -0.2) is 31.1 Å². The Morgan fingerprint density at radius 1 is 1.50 bits per heavy atom. The number of hydrogen-bond donors (Lipinski definition) is 1. The minimum Gasteiger partial charge on any atom is -0.316 e. The summed E-state index contributed by atoms with van der Waals surface area (Å²) < 4.78 is 1.04. The van der Waals surface area contributed by atoms with E-state index in [9.17, 15) is 0 Å². The van der Waals surface area contributed by atoms with Gasteiger partial charge in [-0.3, -0.25) is 4.90 Å². The van der Waals surface area contributed by atoms with Gasteiger partial charge >= 0.3 is 0 Å². The van der Waals surface area contributed by atoms with E-state index in [0.29, 0.717) is 6.04 Å². The number of rotatable bonds is 3. The maximum absolute atomic E-state index is 6.25. The highest BCUT2D eigenvalue weighted by atomic mass is 79.9. The van der Waals surface area contributed by atoms with Crippen molar-refractivity contribution < 1.29 is 0 Å². The first-order valence-electron chi connectivity index (χ1n) is 6.02. The number of nitrogens with zero attached hydrogens (tertiary/aromatic N) is 1. The summed E-state index contributed by atoms with van der Waals surface area (Å²) in [6.45, 7) is 3.23. The van der Waals surface area contributed by atoms with Gasteiger partial charge in [-0.05, 0) is 44.1 Å². The molecule has 1 unspecified atom stereocenters. The van der Waals surface area contributed by atoms with Gasteiger partial charge in [0.25, 0.3) is 0 Å². The molecule has 1 aliphatic rings.